The molecule has 2 aromatic rings. The molecule has 146 valence electrons. The summed E-state index contributed by atoms with van der Waals surface area (Å²) < 4.78 is 43.5. The molecule has 1 aliphatic heterocycles. The molecule has 27 heavy (non-hydrogen) atoms. The van der Waals surface area contributed by atoms with E-state index in [9.17, 15) is 18.0 Å². The summed E-state index contributed by atoms with van der Waals surface area (Å²) in [7, 11) is 0. The highest BCUT2D eigenvalue weighted by Gasteiger charge is 2.30. The minimum absolute atomic E-state index is 0.149. The second-order valence-corrected chi connectivity index (χ2v) is 7.48. The van der Waals surface area contributed by atoms with Crippen molar-refractivity contribution in [2.24, 2.45) is 0 Å². The molecule has 0 unspecified atom stereocenters. The molecule has 0 saturated carbocycles. The minimum Gasteiger partial charge on any atom is -0.373 e. The maximum atomic E-state index is 12.6. The van der Waals surface area contributed by atoms with Gasteiger partial charge < -0.3 is 4.74 Å². The van der Waals surface area contributed by atoms with E-state index in [4.69, 9.17) is 4.74 Å². The molecular formula is C18H20F3N3O2S. The second kappa shape index (κ2) is 7.95. The van der Waals surface area contributed by atoms with Crippen LogP contribution in [-0.4, -0.2) is 41.1 Å². The van der Waals surface area contributed by atoms with Gasteiger partial charge >= 0.3 is 6.18 Å². The Balaban J connectivity index is 1.59. The molecule has 1 N–H and O–H groups in total. The minimum atomic E-state index is -4.42. The quantitative estimate of drug-likeness (QED) is 0.844. The van der Waals surface area contributed by atoms with Gasteiger partial charge in [0.25, 0.3) is 5.91 Å². The van der Waals surface area contributed by atoms with Crippen molar-refractivity contribution < 1.29 is 22.7 Å². The van der Waals surface area contributed by atoms with E-state index >= 15 is 0 Å². The SMILES string of the molecule is C[C@@H]1CN(Cc2csc(NC(=O)c3ccc(C(F)(F)F)cc3)n2)C[C@H](C)O1. The van der Waals surface area contributed by atoms with Gasteiger partial charge in [-0.2, -0.15) is 13.2 Å². The molecule has 1 aromatic heterocycles. The Hall–Kier alpha value is -1.97. The number of anilines is 1. The van der Waals surface area contributed by atoms with E-state index in [2.05, 4.69) is 15.2 Å². The highest BCUT2D eigenvalue weighted by Crippen LogP contribution is 2.29. The molecule has 1 fully saturated rings. The average molecular weight is 399 g/mol. The molecule has 3 rings (SSSR count). The number of hydrogen-bond donors (Lipinski definition) is 1. The Kier molecular flexibility index (Phi) is 5.83. The lowest BCUT2D eigenvalue weighted by Gasteiger charge is -2.34. The van der Waals surface area contributed by atoms with Gasteiger partial charge in [-0.15, -0.1) is 11.3 Å². The lowest BCUT2D eigenvalue weighted by molar-refractivity contribution is -0.137. The number of aromatic nitrogens is 1. The summed E-state index contributed by atoms with van der Waals surface area (Å²) in [6, 6.07) is 4.10. The molecule has 1 amide bonds. The summed E-state index contributed by atoms with van der Waals surface area (Å²) in [5.41, 5.74) is 0.198. The van der Waals surface area contributed by atoms with Crippen molar-refractivity contribution >= 4 is 22.4 Å². The third kappa shape index (κ3) is 5.27. The molecule has 9 heteroatoms. The number of benzene rings is 1. The smallest absolute Gasteiger partial charge is 0.373 e. The average Bonchev–Trinajstić information content (AvgIpc) is 3.00. The maximum absolute atomic E-state index is 12.6. The van der Waals surface area contributed by atoms with Crippen molar-refractivity contribution in [3.8, 4) is 0 Å². The molecule has 2 atom stereocenters. The van der Waals surface area contributed by atoms with Crippen LogP contribution in [0.25, 0.3) is 0 Å². The Labute approximate surface area is 159 Å². The summed E-state index contributed by atoms with van der Waals surface area (Å²) in [5.74, 6) is -0.488. The maximum Gasteiger partial charge on any atom is 0.416 e. The first kappa shape index (κ1) is 19.8. The first-order valence-electron chi connectivity index (χ1n) is 8.51. The van der Waals surface area contributed by atoms with Gasteiger partial charge in [-0.3, -0.25) is 15.0 Å². The second-order valence-electron chi connectivity index (χ2n) is 6.62. The topological polar surface area (TPSA) is 54.5 Å². The van der Waals surface area contributed by atoms with Gasteiger partial charge in [0.05, 0.1) is 23.5 Å². The largest absolute Gasteiger partial charge is 0.416 e. The normalized spacial score (nSPS) is 21.2. The molecule has 1 aromatic carbocycles. The van der Waals surface area contributed by atoms with Crippen molar-refractivity contribution in [1.82, 2.24) is 9.88 Å². The molecule has 0 spiro atoms. The van der Waals surface area contributed by atoms with E-state index in [1.807, 2.05) is 19.2 Å². The van der Waals surface area contributed by atoms with Crippen LogP contribution in [0.15, 0.2) is 29.6 Å². The molecular weight excluding hydrogens is 379 g/mol. The summed E-state index contributed by atoms with van der Waals surface area (Å²) in [4.78, 5) is 18.9. The van der Waals surface area contributed by atoms with Gasteiger partial charge in [-0.25, -0.2) is 4.98 Å². The van der Waals surface area contributed by atoms with Crippen LogP contribution in [-0.2, 0) is 17.5 Å². The van der Waals surface area contributed by atoms with Crippen molar-refractivity contribution in [2.75, 3.05) is 18.4 Å². The van der Waals surface area contributed by atoms with Gasteiger partial charge in [0, 0.05) is 30.6 Å². The molecule has 2 heterocycles. The molecule has 5 nitrogen and oxygen atoms in total. The Morgan fingerprint density at radius 3 is 2.48 bits per heavy atom. The number of ether oxygens (including phenoxy) is 1. The Bertz CT molecular complexity index is 782. The number of rotatable bonds is 4. The number of nitrogens with one attached hydrogen (secondary N) is 1. The molecule has 1 aliphatic rings. The number of halogens is 3. The Morgan fingerprint density at radius 2 is 1.89 bits per heavy atom. The number of alkyl halides is 3. The lowest BCUT2D eigenvalue weighted by Crippen LogP contribution is -2.44. The monoisotopic (exact) mass is 399 g/mol. The van der Waals surface area contributed by atoms with E-state index < -0.39 is 17.6 Å². The van der Waals surface area contributed by atoms with Crippen molar-refractivity contribution in [3.63, 3.8) is 0 Å². The fourth-order valence-corrected chi connectivity index (χ4v) is 3.76. The van der Waals surface area contributed by atoms with E-state index in [1.54, 1.807) is 0 Å². The van der Waals surface area contributed by atoms with Crippen LogP contribution < -0.4 is 5.32 Å². The van der Waals surface area contributed by atoms with Gasteiger partial charge in [-0.1, -0.05) is 0 Å². The van der Waals surface area contributed by atoms with Crippen LogP contribution in [0.4, 0.5) is 18.3 Å². The fraction of sp³-hybridized carbons (Fsp3) is 0.444. The zero-order chi connectivity index (χ0) is 19.6. The van der Waals surface area contributed by atoms with Gasteiger partial charge in [0.15, 0.2) is 5.13 Å². The highest BCUT2D eigenvalue weighted by atomic mass is 32.1. The van der Waals surface area contributed by atoms with Crippen LogP contribution in [0.2, 0.25) is 0 Å². The van der Waals surface area contributed by atoms with Gasteiger partial charge in [0.1, 0.15) is 0 Å². The summed E-state index contributed by atoms with van der Waals surface area (Å²) in [6.07, 6.45) is -4.11. The number of thiazole rings is 1. The van der Waals surface area contributed by atoms with Crippen molar-refractivity contribution in [2.45, 2.75) is 38.8 Å². The third-order valence-corrected chi connectivity index (χ3v) is 4.93. The fourth-order valence-electron chi connectivity index (χ4n) is 3.06. The predicted octanol–water partition coefficient (Wildman–Crippen LogP) is 4.02. The van der Waals surface area contributed by atoms with Crippen LogP contribution >= 0.6 is 11.3 Å². The number of hydrogen-bond acceptors (Lipinski definition) is 5. The first-order chi connectivity index (χ1) is 12.7. The third-order valence-electron chi connectivity index (χ3n) is 4.13. The lowest BCUT2D eigenvalue weighted by atomic mass is 10.1. The summed E-state index contributed by atoms with van der Waals surface area (Å²) in [5, 5.41) is 4.92. The van der Waals surface area contributed by atoms with Crippen molar-refractivity contribution in [1.29, 1.82) is 0 Å². The van der Waals surface area contributed by atoms with E-state index in [-0.39, 0.29) is 17.8 Å². The summed E-state index contributed by atoms with van der Waals surface area (Å²) in [6.45, 7) is 6.34. The number of morpholine rings is 1. The van der Waals surface area contributed by atoms with E-state index in [1.165, 1.54) is 11.3 Å². The van der Waals surface area contributed by atoms with Gasteiger partial charge in [-0.05, 0) is 38.1 Å². The number of amides is 1. The molecule has 0 radical (unpaired) electrons. The van der Waals surface area contributed by atoms with Gasteiger partial charge in [0.2, 0.25) is 0 Å². The molecule has 0 aliphatic carbocycles. The van der Waals surface area contributed by atoms with Crippen LogP contribution in [0.5, 0.6) is 0 Å². The highest BCUT2D eigenvalue weighted by molar-refractivity contribution is 7.13. The number of carbonyl (C=O) groups excluding carboxylic acids is 1. The standard InChI is InChI=1S/C18H20F3N3O2S/c1-11-7-24(8-12(2)26-11)9-15-10-27-17(22-15)23-16(25)13-3-5-14(6-4-13)18(19,20)21/h3-6,10-12H,7-9H2,1-2H3,(H,22,23,25)/t11-,12+. The predicted molar refractivity (Wildman–Crippen MR) is 96.8 cm³/mol. The Morgan fingerprint density at radius 1 is 1.26 bits per heavy atom. The van der Waals surface area contributed by atoms with E-state index in [0.29, 0.717) is 11.7 Å². The van der Waals surface area contributed by atoms with Crippen LogP contribution in [0.1, 0.15) is 35.5 Å². The van der Waals surface area contributed by atoms with E-state index in [0.717, 1.165) is 43.0 Å². The number of nitrogens with zero attached hydrogens (tertiary/aromatic N) is 2. The van der Waals surface area contributed by atoms with Crippen LogP contribution in [0, 0.1) is 0 Å². The molecule has 0 bridgehead atoms. The first-order valence-corrected chi connectivity index (χ1v) is 9.39. The van der Waals surface area contributed by atoms with Crippen LogP contribution in [0.3, 0.4) is 0 Å². The zero-order valence-electron chi connectivity index (χ0n) is 14.9. The van der Waals surface area contributed by atoms with Crippen molar-refractivity contribution in [3.05, 3.63) is 46.5 Å². The zero-order valence-corrected chi connectivity index (χ0v) is 15.7. The summed E-state index contributed by atoms with van der Waals surface area (Å²) >= 11 is 1.29. The number of carbonyl (C=O) groups is 1. The molecule has 1 saturated heterocycles.